The monoisotopic (exact) mass is 146 g/mol. The zero-order valence-corrected chi connectivity index (χ0v) is 5.48. The molecule has 0 amide bonds. The van der Waals surface area contributed by atoms with Crippen molar-refractivity contribution in [3.63, 3.8) is 0 Å². The largest absolute Gasteiger partial charge is 0.241 e. The number of alkyl halides is 1. The third-order valence-electron chi connectivity index (χ3n) is 0.255. The van der Waals surface area contributed by atoms with E-state index in [9.17, 15) is 4.21 Å². The number of hydrogen-bond acceptors (Lipinski definition) is 1. The SMILES string of the molecule is C[C@H](Cl)S(=O)Cl. The highest BCUT2D eigenvalue weighted by Gasteiger charge is 1.99. The topological polar surface area (TPSA) is 17.1 Å². The fourth-order valence-electron chi connectivity index (χ4n) is 0. The molecule has 0 fully saturated rings. The average Bonchev–Trinajstić information content (AvgIpc) is 1.36. The molecule has 0 aliphatic heterocycles. The van der Waals surface area contributed by atoms with Crippen molar-refractivity contribution in [2.75, 3.05) is 0 Å². The smallest absolute Gasteiger partial charge is 0.132 e. The summed E-state index contributed by atoms with van der Waals surface area (Å²) in [5.74, 6) is 0. The molecule has 6 heavy (non-hydrogen) atoms. The first-order valence-corrected chi connectivity index (χ1v) is 3.83. The summed E-state index contributed by atoms with van der Waals surface area (Å²) in [6.45, 7) is 1.57. The van der Waals surface area contributed by atoms with E-state index in [4.69, 9.17) is 22.3 Å². The molecule has 0 aliphatic carbocycles. The summed E-state index contributed by atoms with van der Waals surface area (Å²) in [5.41, 5.74) is 0. The van der Waals surface area contributed by atoms with Gasteiger partial charge < -0.3 is 0 Å². The quantitative estimate of drug-likeness (QED) is 0.405. The normalized spacial score (nSPS) is 19.8. The van der Waals surface area contributed by atoms with Crippen molar-refractivity contribution >= 4 is 32.3 Å². The van der Waals surface area contributed by atoms with Gasteiger partial charge in [-0.05, 0) is 17.6 Å². The van der Waals surface area contributed by atoms with Gasteiger partial charge in [0.1, 0.15) is 14.7 Å². The highest BCUT2D eigenvalue weighted by molar-refractivity contribution is 8.09. The Balaban J connectivity index is 3.26. The molecule has 0 aromatic carbocycles. The summed E-state index contributed by atoms with van der Waals surface area (Å²) in [6, 6.07) is 0. The molecular formula is C2H4Cl2OS. The van der Waals surface area contributed by atoms with Crippen molar-refractivity contribution in [3.8, 4) is 0 Å². The third-order valence-corrected chi connectivity index (χ3v) is 2.33. The van der Waals surface area contributed by atoms with Gasteiger partial charge >= 0.3 is 0 Å². The minimum absolute atomic E-state index is 0.438. The van der Waals surface area contributed by atoms with Crippen molar-refractivity contribution in [2.24, 2.45) is 0 Å². The molecular weight excluding hydrogens is 143 g/mol. The number of hydrogen-bond donors (Lipinski definition) is 0. The molecule has 0 saturated carbocycles. The van der Waals surface area contributed by atoms with Crippen LogP contribution in [0.2, 0.25) is 0 Å². The van der Waals surface area contributed by atoms with E-state index in [1.54, 1.807) is 6.92 Å². The Morgan fingerprint density at radius 2 is 2.00 bits per heavy atom. The van der Waals surface area contributed by atoms with Gasteiger partial charge in [-0.3, -0.25) is 0 Å². The van der Waals surface area contributed by atoms with Crippen LogP contribution in [0.5, 0.6) is 0 Å². The fourth-order valence-corrected chi connectivity index (χ4v) is 0. The molecule has 4 heteroatoms. The van der Waals surface area contributed by atoms with Crippen LogP contribution in [0.15, 0.2) is 0 Å². The standard InChI is InChI=1S/C2H4Cl2OS/c1-2(3)6(4)5/h2H,1H3/t2-,6?/m1/s1. The van der Waals surface area contributed by atoms with Gasteiger partial charge in [-0.15, -0.1) is 11.6 Å². The minimum atomic E-state index is -1.38. The zero-order valence-electron chi connectivity index (χ0n) is 3.15. The molecule has 1 unspecified atom stereocenters. The Morgan fingerprint density at radius 3 is 2.00 bits per heavy atom. The van der Waals surface area contributed by atoms with Gasteiger partial charge in [0.05, 0.1) is 0 Å². The Kier molecular flexibility index (Phi) is 3.17. The van der Waals surface area contributed by atoms with Crippen LogP contribution in [0.4, 0.5) is 0 Å². The lowest BCUT2D eigenvalue weighted by molar-refractivity contribution is 0.690. The van der Waals surface area contributed by atoms with Crippen LogP contribution in [0, 0.1) is 0 Å². The number of halogens is 2. The highest BCUT2D eigenvalue weighted by Crippen LogP contribution is 2.02. The van der Waals surface area contributed by atoms with Crippen LogP contribution in [-0.4, -0.2) is 8.92 Å². The maximum atomic E-state index is 9.89. The first-order valence-electron chi connectivity index (χ1n) is 1.35. The molecule has 0 aliphatic rings. The minimum Gasteiger partial charge on any atom is -0.241 e. The predicted molar refractivity (Wildman–Crippen MR) is 29.3 cm³/mol. The molecule has 0 N–H and O–H groups in total. The van der Waals surface area contributed by atoms with E-state index in [1.165, 1.54) is 0 Å². The van der Waals surface area contributed by atoms with Crippen LogP contribution in [-0.2, 0) is 10.0 Å². The molecule has 38 valence electrons. The summed E-state index contributed by atoms with van der Waals surface area (Å²) in [7, 11) is 3.57. The summed E-state index contributed by atoms with van der Waals surface area (Å²) < 4.78 is 9.45. The second kappa shape index (κ2) is 2.83. The van der Waals surface area contributed by atoms with Crippen LogP contribution in [0.3, 0.4) is 0 Å². The average molecular weight is 147 g/mol. The molecule has 0 spiro atoms. The van der Waals surface area contributed by atoms with Gasteiger partial charge in [0.15, 0.2) is 0 Å². The van der Waals surface area contributed by atoms with E-state index >= 15 is 0 Å². The van der Waals surface area contributed by atoms with Crippen LogP contribution >= 0.6 is 22.3 Å². The lowest BCUT2D eigenvalue weighted by Gasteiger charge is -1.86. The highest BCUT2D eigenvalue weighted by atomic mass is 35.7. The van der Waals surface area contributed by atoms with Crippen LogP contribution in [0.1, 0.15) is 6.92 Å². The molecule has 0 rings (SSSR count). The Labute approximate surface area is 48.6 Å². The summed E-state index contributed by atoms with van der Waals surface area (Å²) in [5, 5.41) is 0. The molecule has 0 aromatic heterocycles. The lowest BCUT2D eigenvalue weighted by atomic mass is 11.0. The number of rotatable bonds is 1. The molecule has 0 bridgehead atoms. The first-order chi connectivity index (χ1) is 2.64. The van der Waals surface area contributed by atoms with Gasteiger partial charge in [-0.2, -0.15) is 0 Å². The van der Waals surface area contributed by atoms with Crippen molar-refractivity contribution < 1.29 is 4.21 Å². The second-order valence-electron chi connectivity index (χ2n) is 0.791. The van der Waals surface area contributed by atoms with Gasteiger partial charge in [0.25, 0.3) is 0 Å². The van der Waals surface area contributed by atoms with E-state index in [1.807, 2.05) is 0 Å². The molecule has 2 atom stereocenters. The van der Waals surface area contributed by atoms with Crippen LogP contribution < -0.4 is 0 Å². The van der Waals surface area contributed by atoms with Crippen molar-refractivity contribution in [1.82, 2.24) is 0 Å². The molecule has 0 aromatic rings. The van der Waals surface area contributed by atoms with E-state index in [0.717, 1.165) is 0 Å². The lowest BCUT2D eigenvalue weighted by Crippen LogP contribution is -1.91. The first kappa shape index (κ1) is 6.73. The Bertz CT molecular complexity index is 62.6. The van der Waals surface area contributed by atoms with Crippen molar-refractivity contribution in [3.05, 3.63) is 0 Å². The molecule has 1 nitrogen and oxygen atoms in total. The molecule has 0 radical (unpaired) electrons. The van der Waals surface area contributed by atoms with Crippen molar-refractivity contribution in [1.29, 1.82) is 0 Å². The van der Waals surface area contributed by atoms with Gasteiger partial charge in [0, 0.05) is 0 Å². The fraction of sp³-hybridized carbons (Fsp3) is 1.00. The summed E-state index contributed by atoms with van der Waals surface area (Å²) in [4.78, 5) is 0. The maximum Gasteiger partial charge on any atom is 0.132 e. The molecule has 0 heterocycles. The maximum absolute atomic E-state index is 9.89. The summed E-state index contributed by atoms with van der Waals surface area (Å²) >= 11 is 5.18. The van der Waals surface area contributed by atoms with E-state index in [-0.39, 0.29) is 0 Å². The van der Waals surface area contributed by atoms with E-state index in [0.29, 0.717) is 0 Å². The van der Waals surface area contributed by atoms with Gasteiger partial charge in [-0.1, -0.05) is 0 Å². The Hall–Kier alpha value is 0.730. The van der Waals surface area contributed by atoms with E-state index < -0.39 is 14.7 Å². The molecule has 0 saturated heterocycles. The second-order valence-corrected chi connectivity index (χ2v) is 3.82. The van der Waals surface area contributed by atoms with E-state index in [2.05, 4.69) is 0 Å². The van der Waals surface area contributed by atoms with Crippen molar-refractivity contribution in [2.45, 2.75) is 11.6 Å². The predicted octanol–water partition coefficient (Wildman–Crippen LogP) is 1.47. The van der Waals surface area contributed by atoms with Crippen LogP contribution in [0.25, 0.3) is 0 Å². The Morgan fingerprint density at radius 1 is 1.83 bits per heavy atom. The zero-order chi connectivity index (χ0) is 5.15. The van der Waals surface area contributed by atoms with Gasteiger partial charge in [0.2, 0.25) is 0 Å². The third kappa shape index (κ3) is 2.94. The van der Waals surface area contributed by atoms with Gasteiger partial charge in [-0.25, -0.2) is 4.21 Å². The summed E-state index contributed by atoms with van der Waals surface area (Å²) in [6.07, 6.45) is 0.